The molecule has 1 aliphatic heterocycles. The molecule has 0 bridgehead atoms. The van der Waals surface area contributed by atoms with Crippen LogP contribution in [0.2, 0.25) is 5.02 Å². The fraction of sp³-hybridized carbons (Fsp3) is 0.318. The summed E-state index contributed by atoms with van der Waals surface area (Å²) in [5.41, 5.74) is -0.616. The van der Waals surface area contributed by atoms with Gasteiger partial charge in [0.25, 0.3) is 5.91 Å². The molecule has 176 valence electrons. The van der Waals surface area contributed by atoms with Crippen molar-refractivity contribution < 1.29 is 32.3 Å². The van der Waals surface area contributed by atoms with Gasteiger partial charge in [0.15, 0.2) is 6.10 Å². The van der Waals surface area contributed by atoms with Gasteiger partial charge in [0.1, 0.15) is 5.75 Å². The van der Waals surface area contributed by atoms with Crippen LogP contribution in [0.3, 0.4) is 0 Å². The topological polar surface area (TPSA) is 79.0 Å². The first kappa shape index (κ1) is 24.4. The number of likely N-dealkylation sites (N-methyl/N-ethyl adjacent to an activating group) is 1. The van der Waals surface area contributed by atoms with Crippen LogP contribution in [-0.4, -0.2) is 48.9 Å². The van der Waals surface area contributed by atoms with E-state index in [4.69, 9.17) is 16.3 Å². The van der Waals surface area contributed by atoms with Crippen LogP contribution in [0.4, 0.5) is 24.5 Å². The Labute approximate surface area is 193 Å². The van der Waals surface area contributed by atoms with E-state index in [-0.39, 0.29) is 31.1 Å². The van der Waals surface area contributed by atoms with E-state index in [2.05, 4.69) is 5.32 Å². The van der Waals surface area contributed by atoms with Gasteiger partial charge in [0, 0.05) is 25.7 Å². The predicted molar refractivity (Wildman–Crippen MR) is 116 cm³/mol. The smallest absolute Gasteiger partial charge is 0.417 e. The summed E-state index contributed by atoms with van der Waals surface area (Å²) in [4.78, 5) is 39.8. The molecule has 0 saturated carbocycles. The molecule has 2 aromatic rings. The number of rotatable bonds is 6. The van der Waals surface area contributed by atoms with Gasteiger partial charge < -0.3 is 19.9 Å². The number of hydrogen-bond acceptors (Lipinski definition) is 4. The van der Waals surface area contributed by atoms with Crippen LogP contribution in [0, 0.1) is 0 Å². The molecule has 0 unspecified atom stereocenters. The van der Waals surface area contributed by atoms with Crippen LogP contribution in [0.1, 0.15) is 18.9 Å². The van der Waals surface area contributed by atoms with Gasteiger partial charge in [0.05, 0.1) is 22.8 Å². The van der Waals surface area contributed by atoms with Crippen LogP contribution in [0.15, 0.2) is 42.5 Å². The van der Waals surface area contributed by atoms with Gasteiger partial charge in [-0.15, -0.1) is 0 Å². The van der Waals surface area contributed by atoms with Crippen molar-refractivity contribution in [1.29, 1.82) is 0 Å². The van der Waals surface area contributed by atoms with Crippen molar-refractivity contribution in [3.05, 3.63) is 53.1 Å². The molecule has 0 aliphatic carbocycles. The second kappa shape index (κ2) is 9.70. The highest BCUT2D eigenvalue weighted by Crippen LogP contribution is 2.36. The maximum absolute atomic E-state index is 13.0. The second-order valence-corrected chi connectivity index (χ2v) is 7.87. The summed E-state index contributed by atoms with van der Waals surface area (Å²) in [7, 11) is 1.39. The monoisotopic (exact) mass is 483 g/mol. The van der Waals surface area contributed by atoms with Gasteiger partial charge in [-0.25, -0.2) is 0 Å². The molecule has 0 spiro atoms. The summed E-state index contributed by atoms with van der Waals surface area (Å²) in [6.45, 7) is 1.32. The van der Waals surface area contributed by atoms with E-state index < -0.39 is 34.7 Å². The van der Waals surface area contributed by atoms with Crippen molar-refractivity contribution in [2.24, 2.45) is 0 Å². The van der Waals surface area contributed by atoms with Crippen LogP contribution in [0.5, 0.6) is 5.75 Å². The number of carbonyl (C=O) groups is 3. The molecule has 0 fully saturated rings. The van der Waals surface area contributed by atoms with Crippen molar-refractivity contribution in [2.75, 3.05) is 30.4 Å². The second-order valence-electron chi connectivity index (χ2n) is 7.46. The Morgan fingerprint density at radius 1 is 1.21 bits per heavy atom. The SMILES string of the molecule is C[C@H]1Oc2ccccc2N(CCC(=O)N(C)CC(=O)Nc2ccc(Cl)c(C(F)(F)F)c2)C1=O. The van der Waals surface area contributed by atoms with Crippen molar-refractivity contribution in [3.63, 3.8) is 0 Å². The lowest BCUT2D eigenvalue weighted by atomic mass is 10.1. The maximum Gasteiger partial charge on any atom is 0.417 e. The molecule has 7 nitrogen and oxygen atoms in total. The average molecular weight is 484 g/mol. The Hall–Kier alpha value is -3.27. The summed E-state index contributed by atoms with van der Waals surface area (Å²) in [6, 6.07) is 9.96. The number of nitrogens with zero attached hydrogens (tertiary/aromatic N) is 2. The number of carbonyl (C=O) groups excluding carboxylic acids is 3. The number of nitrogens with one attached hydrogen (secondary N) is 1. The van der Waals surface area contributed by atoms with E-state index in [1.165, 1.54) is 18.0 Å². The van der Waals surface area contributed by atoms with E-state index in [1.807, 2.05) is 0 Å². The molecule has 1 N–H and O–H groups in total. The van der Waals surface area contributed by atoms with Crippen LogP contribution in [-0.2, 0) is 20.6 Å². The number of ether oxygens (including phenoxy) is 1. The number of para-hydroxylation sites is 2. The van der Waals surface area contributed by atoms with Gasteiger partial charge in [-0.2, -0.15) is 13.2 Å². The molecule has 1 heterocycles. The first-order valence-electron chi connectivity index (χ1n) is 9.95. The van der Waals surface area contributed by atoms with Gasteiger partial charge in [0.2, 0.25) is 11.8 Å². The third-order valence-electron chi connectivity index (χ3n) is 4.98. The standard InChI is InChI=1S/C22H21ClF3N3O4/c1-13-21(32)29(17-5-3-4-6-18(17)33-13)10-9-20(31)28(2)12-19(30)27-14-7-8-16(23)15(11-14)22(24,25)26/h3-8,11,13H,9-10,12H2,1-2H3,(H,27,30)/t13-/m1/s1. The summed E-state index contributed by atoms with van der Waals surface area (Å²) in [6.07, 6.45) is -5.42. The lowest BCUT2D eigenvalue weighted by Crippen LogP contribution is -2.46. The quantitative estimate of drug-likeness (QED) is 0.674. The Morgan fingerprint density at radius 3 is 2.61 bits per heavy atom. The number of amides is 3. The number of fused-ring (bicyclic) bond motifs is 1. The summed E-state index contributed by atoms with van der Waals surface area (Å²) in [5, 5.41) is 1.84. The highest BCUT2D eigenvalue weighted by atomic mass is 35.5. The zero-order valence-corrected chi connectivity index (χ0v) is 18.5. The summed E-state index contributed by atoms with van der Waals surface area (Å²) in [5.74, 6) is -0.847. The largest absolute Gasteiger partial charge is 0.479 e. The average Bonchev–Trinajstić information content (AvgIpc) is 2.74. The molecule has 0 radical (unpaired) electrons. The molecule has 2 aromatic carbocycles. The number of hydrogen-bond donors (Lipinski definition) is 1. The van der Waals surface area contributed by atoms with Crippen LogP contribution in [0.25, 0.3) is 0 Å². The lowest BCUT2D eigenvalue weighted by Gasteiger charge is -2.33. The Kier molecular flexibility index (Phi) is 7.16. The molecular weight excluding hydrogens is 463 g/mol. The minimum atomic E-state index is -4.67. The summed E-state index contributed by atoms with van der Waals surface area (Å²) >= 11 is 5.57. The molecule has 1 aliphatic rings. The minimum absolute atomic E-state index is 0.0598. The van der Waals surface area contributed by atoms with Crippen molar-refractivity contribution in [3.8, 4) is 5.75 Å². The normalized spacial score (nSPS) is 15.5. The van der Waals surface area contributed by atoms with E-state index in [9.17, 15) is 27.6 Å². The van der Waals surface area contributed by atoms with Gasteiger partial charge in [-0.1, -0.05) is 23.7 Å². The molecular formula is C22H21ClF3N3O4. The van der Waals surface area contributed by atoms with Gasteiger partial charge in [-0.3, -0.25) is 14.4 Å². The van der Waals surface area contributed by atoms with Crippen molar-refractivity contribution >= 4 is 40.7 Å². The number of alkyl halides is 3. The molecule has 3 rings (SSSR count). The zero-order chi connectivity index (χ0) is 24.3. The Balaban J connectivity index is 1.58. The fourth-order valence-corrected chi connectivity index (χ4v) is 3.54. The first-order chi connectivity index (χ1) is 15.5. The van der Waals surface area contributed by atoms with Crippen molar-refractivity contribution in [1.82, 2.24) is 4.90 Å². The van der Waals surface area contributed by atoms with Crippen LogP contribution < -0.4 is 15.0 Å². The third kappa shape index (κ3) is 5.75. The molecule has 3 amide bonds. The fourth-order valence-electron chi connectivity index (χ4n) is 3.31. The minimum Gasteiger partial charge on any atom is -0.479 e. The summed E-state index contributed by atoms with van der Waals surface area (Å²) < 4.78 is 44.5. The molecule has 0 aromatic heterocycles. The highest BCUT2D eigenvalue weighted by molar-refractivity contribution is 6.31. The van der Waals surface area contributed by atoms with E-state index in [1.54, 1.807) is 31.2 Å². The van der Waals surface area contributed by atoms with E-state index >= 15 is 0 Å². The van der Waals surface area contributed by atoms with E-state index in [0.717, 1.165) is 17.0 Å². The lowest BCUT2D eigenvalue weighted by molar-refractivity contribution is -0.137. The number of benzene rings is 2. The van der Waals surface area contributed by atoms with Crippen LogP contribution >= 0.6 is 11.6 Å². The molecule has 1 atom stereocenters. The number of halogens is 4. The zero-order valence-electron chi connectivity index (χ0n) is 17.8. The first-order valence-corrected chi connectivity index (χ1v) is 10.3. The maximum atomic E-state index is 13.0. The third-order valence-corrected chi connectivity index (χ3v) is 5.31. The van der Waals surface area contributed by atoms with Gasteiger partial charge >= 0.3 is 6.18 Å². The molecule has 33 heavy (non-hydrogen) atoms. The molecule has 0 saturated heterocycles. The molecule has 11 heteroatoms. The Bertz CT molecular complexity index is 1080. The van der Waals surface area contributed by atoms with E-state index in [0.29, 0.717) is 11.4 Å². The predicted octanol–water partition coefficient (Wildman–Crippen LogP) is 3.96. The Morgan fingerprint density at radius 2 is 1.91 bits per heavy atom. The van der Waals surface area contributed by atoms with Crippen molar-refractivity contribution in [2.45, 2.75) is 25.6 Å². The van der Waals surface area contributed by atoms with Gasteiger partial charge in [-0.05, 0) is 37.3 Å². The number of anilines is 2. The highest BCUT2D eigenvalue weighted by Gasteiger charge is 2.34.